The highest BCUT2D eigenvalue weighted by Crippen LogP contribution is 2.09. The molecule has 0 aliphatic heterocycles. The van der Waals surface area contributed by atoms with Crippen molar-refractivity contribution in [1.29, 1.82) is 0 Å². The van der Waals surface area contributed by atoms with E-state index in [2.05, 4.69) is 11.2 Å². The first kappa shape index (κ1) is 14.2. The van der Waals surface area contributed by atoms with E-state index < -0.39 is 6.10 Å². The van der Waals surface area contributed by atoms with Crippen LogP contribution in [0.2, 0.25) is 0 Å². The van der Waals surface area contributed by atoms with Gasteiger partial charge in [0.1, 0.15) is 0 Å². The second-order valence-electron chi connectivity index (χ2n) is 3.78. The van der Waals surface area contributed by atoms with E-state index in [1.165, 1.54) is 4.88 Å². The summed E-state index contributed by atoms with van der Waals surface area (Å²) in [5.74, 6) is 2.62. The zero-order chi connectivity index (χ0) is 12.5. The van der Waals surface area contributed by atoms with Crippen LogP contribution in [0.4, 0.5) is 0 Å². The van der Waals surface area contributed by atoms with Crippen LogP contribution >= 0.6 is 11.3 Å². The first-order valence-corrected chi connectivity index (χ1v) is 6.62. The molecule has 1 aromatic heterocycles. The van der Waals surface area contributed by atoms with Gasteiger partial charge in [-0.2, -0.15) is 0 Å². The molecule has 4 heteroatoms. The Bertz CT molecular complexity index is 332. The minimum atomic E-state index is -0.516. The van der Waals surface area contributed by atoms with Gasteiger partial charge in [0.05, 0.1) is 25.4 Å². The maximum Gasteiger partial charge on any atom is 0.0898 e. The van der Waals surface area contributed by atoms with Crippen molar-refractivity contribution < 1.29 is 9.84 Å². The number of aliphatic hydroxyl groups is 1. The molecule has 2 unspecified atom stereocenters. The molecule has 0 amide bonds. The third-order valence-corrected chi connectivity index (χ3v) is 3.19. The highest BCUT2D eigenvalue weighted by molar-refractivity contribution is 7.09. The van der Waals surface area contributed by atoms with Crippen molar-refractivity contribution in [2.75, 3.05) is 13.2 Å². The van der Waals surface area contributed by atoms with Crippen LogP contribution in [0.3, 0.4) is 0 Å². The molecule has 2 N–H and O–H groups in total. The van der Waals surface area contributed by atoms with E-state index in [1.54, 1.807) is 11.3 Å². The van der Waals surface area contributed by atoms with Crippen LogP contribution in [-0.4, -0.2) is 30.4 Å². The molecule has 0 saturated heterocycles. The average Bonchev–Trinajstić information content (AvgIpc) is 2.83. The Morgan fingerprint density at radius 1 is 1.65 bits per heavy atom. The number of hydrogen-bond donors (Lipinski definition) is 2. The fourth-order valence-electron chi connectivity index (χ4n) is 1.35. The molecule has 0 aliphatic carbocycles. The lowest BCUT2D eigenvalue weighted by Gasteiger charge is -2.15. The van der Waals surface area contributed by atoms with E-state index in [1.807, 2.05) is 24.4 Å². The van der Waals surface area contributed by atoms with Crippen LogP contribution in [0.1, 0.15) is 18.2 Å². The monoisotopic (exact) mass is 253 g/mol. The summed E-state index contributed by atoms with van der Waals surface area (Å²) in [5, 5.41) is 14.8. The topological polar surface area (TPSA) is 41.5 Å². The van der Waals surface area contributed by atoms with Gasteiger partial charge in [0.2, 0.25) is 0 Å². The van der Waals surface area contributed by atoms with Crippen molar-refractivity contribution in [2.24, 2.45) is 0 Å². The normalized spacial score (nSPS) is 14.2. The van der Waals surface area contributed by atoms with Gasteiger partial charge in [0.25, 0.3) is 0 Å². The van der Waals surface area contributed by atoms with Gasteiger partial charge in [-0.1, -0.05) is 18.9 Å². The van der Waals surface area contributed by atoms with Gasteiger partial charge in [-0.15, -0.1) is 17.8 Å². The Morgan fingerprint density at radius 2 is 2.47 bits per heavy atom. The van der Waals surface area contributed by atoms with Gasteiger partial charge in [-0.05, 0) is 17.9 Å². The van der Waals surface area contributed by atoms with E-state index >= 15 is 0 Å². The van der Waals surface area contributed by atoms with Gasteiger partial charge in [0.15, 0.2) is 0 Å². The minimum absolute atomic E-state index is 0.0296. The lowest BCUT2D eigenvalue weighted by molar-refractivity contribution is 0.0292. The molecule has 0 aliphatic rings. The molecular weight excluding hydrogens is 234 g/mol. The Morgan fingerprint density at radius 3 is 3.06 bits per heavy atom. The van der Waals surface area contributed by atoms with Crippen LogP contribution in [0.5, 0.6) is 0 Å². The number of aliphatic hydroxyl groups excluding tert-OH is 1. The number of ether oxygens (including phenoxy) is 1. The fraction of sp³-hybridized carbons (Fsp3) is 0.538. The van der Waals surface area contributed by atoms with Gasteiger partial charge < -0.3 is 15.2 Å². The van der Waals surface area contributed by atoms with Gasteiger partial charge in [-0.3, -0.25) is 0 Å². The number of hydrogen-bond acceptors (Lipinski definition) is 4. The molecule has 1 aromatic rings. The molecule has 0 spiro atoms. The van der Waals surface area contributed by atoms with Crippen molar-refractivity contribution in [1.82, 2.24) is 5.32 Å². The molecule has 17 heavy (non-hydrogen) atoms. The minimum Gasteiger partial charge on any atom is -0.389 e. The molecule has 0 radical (unpaired) electrons. The molecule has 2 atom stereocenters. The Balaban J connectivity index is 2.09. The van der Waals surface area contributed by atoms with Crippen molar-refractivity contribution >= 4 is 11.3 Å². The molecule has 0 bridgehead atoms. The second kappa shape index (κ2) is 8.26. The summed E-state index contributed by atoms with van der Waals surface area (Å²) in [7, 11) is 0. The number of rotatable bonds is 8. The lowest BCUT2D eigenvalue weighted by atomic mass is 10.2. The average molecular weight is 253 g/mol. The third kappa shape index (κ3) is 5.85. The van der Waals surface area contributed by atoms with Crippen molar-refractivity contribution in [3.8, 4) is 12.3 Å². The van der Waals surface area contributed by atoms with Gasteiger partial charge in [0, 0.05) is 11.4 Å². The summed E-state index contributed by atoms with van der Waals surface area (Å²) in [6.07, 6.45) is 5.65. The van der Waals surface area contributed by atoms with E-state index in [-0.39, 0.29) is 6.04 Å². The first-order chi connectivity index (χ1) is 8.26. The van der Waals surface area contributed by atoms with Crippen LogP contribution in [0, 0.1) is 12.3 Å². The van der Waals surface area contributed by atoms with Crippen molar-refractivity contribution in [3.63, 3.8) is 0 Å². The van der Waals surface area contributed by atoms with E-state index in [0.29, 0.717) is 19.8 Å². The molecule has 0 aromatic carbocycles. The zero-order valence-electron chi connectivity index (χ0n) is 10.1. The summed E-state index contributed by atoms with van der Waals surface area (Å²) in [4.78, 5) is 1.17. The summed E-state index contributed by atoms with van der Waals surface area (Å²) < 4.78 is 5.41. The summed E-state index contributed by atoms with van der Waals surface area (Å²) in [5.41, 5.74) is 0. The number of nitrogens with one attached hydrogen (secondary N) is 1. The van der Waals surface area contributed by atoms with Crippen LogP contribution in [-0.2, 0) is 11.3 Å². The summed E-state index contributed by atoms with van der Waals surface area (Å²) in [6.45, 7) is 3.36. The first-order valence-electron chi connectivity index (χ1n) is 5.74. The predicted octanol–water partition coefficient (Wildman–Crippen LogP) is 1.63. The van der Waals surface area contributed by atoms with Crippen molar-refractivity contribution in [2.45, 2.75) is 32.1 Å². The number of terminal acetylenes is 1. The van der Waals surface area contributed by atoms with E-state index in [4.69, 9.17) is 11.2 Å². The maximum atomic E-state index is 9.67. The van der Waals surface area contributed by atoms with Gasteiger partial charge >= 0.3 is 0 Å². The molecular formula is C13H19NO2S. The fourth-order valence-corrected chi connectivity index (χ4v) is 1.99. The van der Waals surface area contributed by atoms with Crippen LogP contribution < -0.4 is 5.32 Å². The van der Waals surface area contributed by atoms with Crippen LogP contribution in [0.25, 0.3) is 0 Å². The molecule has 1 heterocycles. The third-order valence-electron chi connectivity index (χ3n) is 2.34. The van der Waals surface area contributed by atoms with Crippen molar-refractivity contribution in [3.05, 3.63) is 22.4 Å². The number of thiophene rings is 1. The SMILES string of the molecule is C#CC(CC)NCC(O)COCc1cccs1. The highest BCUT2D eigenvalue weighted by Gasteiger charge is 2.07. The van der Waals surface area contributed by atoms with E-state index in [0.717, 1.165) is 6.42 Å². The summed E-state index contributed by atoms with van der Waals surface area (Å²) >= 11 is 1.65. The molecule has 0 fully saturated rings. The van der Waals surface area contributed by atoms with Crippen LogP contribution in [0.15, 0.2) is 17.5 Å². The quantitative estimate of drug-likeness (QED) is 0.692. The molecule has 3 nitrogen and oxygen atoms in total. The zero-order valence-corrected chi connectivity index (χ0v) is 10.9. The predicted molar refractivity (Wildman–Crippen MR) is 70.9 cm³/mol. The van der Waals surface area contributed by atoms with Gasteiger partial charge in [-0.25, -0.2) is 0 Å². The Kier molecular flexibility index (Phi) is 6.90. The maximum absolute atomic E-state index is 9.67. The molecule has 1 rings (SSSR count). The second-order valence-corrected chi connectivity index (χ2v) is 4.82. The van der Waals surface area contributed by atoms with E-state index in [9.17, 15) is 5.11 Å². The largest absolute Gasteiger partial charge is 0.389 e. The highest BCUT2D eigenvalue weighted by atomic mass is 32.1. The molecule has 94 valence electrons. The summed E-state index contributed by atoms with van der Waals surface area (Å²) in [6, 6.07) is 4.03. The Labute approximate surface area is 107 Å². The Hall–Kier alpha value is -0.860. The standard InChI is InChI=1S/C13H19NO2S/c1-3-11(4-2)14-8-12(15)9-16-10-13-6-5-7-17-13/h1,5-7,11-12,14-15H,4,8-10H2,2H3. The smallest absolute Gasteiger partial charge is 0.0898 e. The molecule has 0 saturated carbocycles. The lowest BCUT2D eigenvalue weighted by Crippen LogP contribution is -2.36.